The summed E-state index contributed by atoms with van der Waals surface area (Å²) in [6.45, 7) is 1.13. The zero-order chi connectivity index (χ0) is 11.4. The number of carbonyl (C=O) groups excluding carboxylic acids is 1. The van der Waals surface area contributed by atoms with Crippen LogP contribution in [0.25, 0.3) is 0 Å². The molecule has 0 saturated carbocycles. The number of nitrogens with two attached hydrogens (primary N) is 1. The van der Waals surface area contributed by atoms with Gasteiger partial charge in [0, 0.05) is 11.3 Å². The predicted molar refractivity (Wildman–Crippen MR) is 53.9 cm³/mol. The Hall–Kier alpha value is -1.65. The number of anilines is 1. The van der Waals surface area contributed by atoms with E-state index in [0.717, 1.165) is 5.56 Å². The minimum absolute atomic E-state index is 0.299. The van der Waals surface area contributed by atoms with Gasteiger partial charge >= 0.3 is 0 Å². The molecule has 0 bridgehead atoms. The van der Waals surface area contributed by atoms with E-state index in [1.807, 2.05) is 0 Å². The number of aryl methyl sites for hydroxylation is 1. The fourth-order valence-corrected chi connectivity index (χ4v) is 1.22. The number of carbonyl (C=O) groups is 1. The molecule has 1 rings (SSSR count). The van der Waals surface area contributed by atoms with E-state index in [0.29, 0.717) is 11.3 Å². The van der Waals surface area contributed by atoms with Crippen molar-refractivity contribution in [2.45, 2.75) is 13.3 Å². The molecule has 0 spiro atoms. The summed E-state index contributed by atoms with van der Waals surface area (Å²) in [6, 6.07) is 4.74. The Kier molecular flexibility index (Phi) is 3.60. The molecule has 0 heterocycles. The van der Waals surface area contributed by atoms with Gasteiger partial charge in [-0.2, -0.15) is 0 Å². The molecule has 15 heavy (non-hydrogen) atoms. The fraction of sp³-hybridized carbons (Fsp3) is 0.300. The van der Waals surface area contributed by atoms with Crippen LogP contribution in [0.3, 0.4) is 0 Å². The molecule has 0 aliphatic heterocycles. The summed E-state index contributed by atoms with van der Waals surface area (Å²) in [5.74, 6) is -0.536. The third-order valence-electron chi connectivity index (χ3n) is 1.78. The largest absolute Gasteiger partial charge is 0.399 e. The van der Waals surface area contributed by atoms with E-state index in [-0.39, 0.29) is 0 Å². The van der Waals surface area contributed by atoms with Gasteiger partial charge in [0.2, 0.25) is 0 Å². The van der Waals surface area contributed by atoms with E-state index < -0.39 is 18.9 Å². The maximum atomic E-state index is 11.8. The van der Waals surface area contributed by atoms with Gasteiger partial charge in [0.25, 0.3) is 12.3 Å². The van der Waals surface area contributed by atoms with Crippen molar-refractivity contribution in [3.63, 3.8) is 0 Å². The van der Waals surface area contributed by atoms with Gasteiger partial charge in [-0.1, -0.05) is 0 Å². The van der Waals surface area contributed by atoms with E-state index in [2.05, 4.69) is 5.32 Å². The lowest BCUT2D eigenvalue weighted by molar-refractivity contribution is 0.0891. The second-order valence-corrected chi connectivity index (χ2v) is 3.23. The average molecular weight is 214 g/mol. The number of halogens is 2. The lowest BCUT2D eigenvalue weighted by atomic mass is 10.1. The molecule has 0 aliphatic rings. The maximum absolute atomic E-state index is 11.8. The second-order valence-electron chi connectivity index (χ2n) is 3.23. The molecule has 1 aromatic carbocycles. The van der Waals surface area contributed by atoms with Crippen molar-refractivity contribution in [2.24, 2.45) is 0 Å². The van der Waals surface area contributed by atoms with Crippen molar-refractivity contribution in [1.82, 2.24) is 5.32 Å². The number of hydrogen-bond donors (Lipinski definition) is 2. The molecule has 3 nitrogen and oxygen atoms in total. The molecule has 0 aliphatic carbocycles. The minimum Gasteiger partial charge on any atom is -0.399 e. The Labute approximate surface area is 86.3 Å². The van der Waals surface area contributed by atoms with Crippen LogP contribution in [0.15, 0.2) is 18.2 Å². The van der Waals surface area contributed by atoms with Crippen molar-refractivity contribution in [3.05, 3.63) is 29.3 Å². The molecule has 0 radical (unpaired) electrons. The second kappa shape index (κ2) is 4.72. The lowest BCUT2D eigenvalue weighted by Crippen LogP contribution is -2.28. The molecule has 0 aromatic heterocycles. The minimum atomic E-state index is -2.55. The molecule has 3 N–H and O–H groups in total. The molecule has 0 fully saturated rings. The van der Waals surface area contributed by atoms with Gasteiger partial charge in [-0.3, -0.25) is 4.79 Å². The van der Waals surface area contributed by atoms with E-state index >= 15 is 0 Å². The van der Waals surface area contributed by atoms with Crippen molar-refractivity contribution < 1.29 is 13.6 Å². The van der Waals surface area contributed by atoms with Crippen LogP contribution in [0.4, 0.5) is 14.5 Å². The average Bonchev–Trinajstić information content (AvgIpc) is 2.12. The molecular formula is C10H12F2N2O. The Bertz CT molecular complexity index is 346. The fourth-order valence-electron chi connectivity index (χ4n) is 1.22. The third kappa shape index (κ3) is 3.53. The molecule has 1 aromatic rings. The molecule has 5 heteroatoms. The topological polar surface area (TPSA) is 55.1 Å². The third-order valence-corrected chi connectivity index (χ3v) is 1.78. The van der Waals surface area contributed by atoms with Gasteiger partial charge in [-0.15, -0.1) is 0 Å². The smallest absolute Gasteiger partial charge is 0.255 e. The van der Waals surface area contributed by atoms with E-state index in [9.17, 15) is 13.6 Å². The molecule has 0 unspecified atom stereocenters. The van der Waals surface area contributed by atoms with E-state index in [1.165, 1.54) is 6.07 Å². The summed E-state index contributed by atoms with van der Waals surface area (Å²) in [5, 5.41) is 2.11. The quantitative estimate of drug-likeness (QED) is 0.750. The van der Waals surface area contributed by atoms with E-state index in [4.69, 9.17) is 5.73 Å². The number of alkyl halides is 2. The monoisotopic (exact) mass is 214 g/mol. The van der Waals surface area contributed by atoms with Gasteiger partial charge in [-0.05, 0) is 30.7 Å². The SMILES string of the molecule is Cc1cc(N)cc(C(=O)NCC(F)F)c1. The highest BCUT2D eigenvalue weighted by Gasteiger charge is 2.09. The number of rotatable bonds is 3. The number of amides is 1. The first-order valence-corrected chi connectivity index (χ1v) is 4.42. The molecule has 82 valence electrons. The summed E-state index contributed by atoms with van der Waals surface area (Å²) in [4.78, 5) is 11.4. The summed E-state index contributed by atoms with van der Waals surface area (Å²) in [6.07, 6.45) is -2.55. The van der Waals surface area contributed by atoms with Crippen LogP contribution in [0.2, 0.25) is 0 Å². The van der Waals surface area contributed by atoms with Gasteiger partial charge in [0.1, 0.15) is 0 Å². The van der Waals surface area contributed by atoms with Crippen molar-refractivity contribution in [2.75, 3.05) is 12.3 Å². The molecule has 1 amide bonds. The number of benzene rings is 1. The summed E-state index contributed by atoms with van der Waals surface area (Å²) in [7, 11) is 0. The Morgan fingerprint density at radius 3 is 2.67 bits per heavy atom. The highest BCUT2D eigenvalue weighted by Crippen LogP contribution is 2.11. The van der Waals surface area contributed by atoms with Gasteiger partial charge in [0.05, 0.1) is 6.54 Å². The summed E-state index contributed by atoms with van der Waals surface area (Å²) < 4.78 is 23.7. The Morgan fingerprint density at radius 2 is 2.13 bits per heavy atom. The standard InChI is InChI=1S/C10H12F2N2O/c1-6-2-7(4-8(13)3-6)10(15)14-5-9(11)12/h2-4,9H,5,13H2,1H3,(H,14,15). The zero-order valence-corrected chi connectivity index (χ0v) is 8.26. The van der Waals surface area contributed by atoms with Crippen molar-refractivity contribution in [1.29, 1.82) is 0 Å². The van der Waals surface area contributed by atoms with Crippen molar-refractivity contribution >= 4 is 11.6 Å². The highest BCUT2D eigenvalue weighted by atomic mass is 19.3. The number of nitrogens with one attached hydrogen (secondary N) is 1. The number of nitrogen functional groups attached to an aromatic ring is 1. The maximum Gasteiger partial charge on any atom is 0.255 e. The van der Waals surface area contributed by atoms with Crippen LogP contribution in [0, 0.1) is 6.92 Å². The van der Waals surface area contributed by atoms with Crippen LogP contribution >= 0.6 is 0 Å². The van der Waals surface area contributed by atoms with Gasteiger partial charge < -0.3 is 11.1 Å². The lowest BCUT2D eigenvalue weighted by Gasteiger charge is -2.06. The van der Waals surface area contributed by atoms with Crippen LogP contribution in [-0.4, -0.2) is 18.9 Å². The Balaban J connectivity index is 2.73. The predicted octanol–water partition coefficient (Wildman–Crippen LogP) is 1.57. The van der Waals surface area contributed by atoms with Gasteiger partial charge in [-0.25, -0.2) is 8.78 Å². The molecule has 0 atom stereocenters. The van der Waals surface area contributed by atoms with Crippen LogP contribution < -0.4 is 11.1 Å². The van der Waals surface area contributed by atoms with Gasteiger partial charge in [0.15, 0.2) is 0 Å². The van der Waals surface area contributed by atoms with Crippen LogP contribution in [0.5, 0.6) is 0 Å². The summed E-state index contributed by atoms with van der Waals surface area (Å²) in [5.41, 5.74) is 7.08. The highest BCUT2D eigenvalue weighted by molar-refractivity contribution is 5.95. The van der Waals surface area contributed by atoms with Crippen LogP contribution in [0.1, 0.15) is 15.9 Å². The molecular weight excluding hydrogens is 202 g/mol. The first-order chi connectivity index (χ1) is 6.99. The first-order valence-electron chi connectivity index (χ1n) is 4.42. The van der Waals surface area contributed by atoms with E-state index in [1.54, 1.807) is 19.1 Å². The zero-order valence-electron chi connectivity index (χ0n) is 8.26. The Morgan fingerprint density at radius 1 is 1.47 bits per heavy atom. The van der Waals surface area contributed by atoms with Crippen molar-refractivity contribution in [3.8, 4) is 0 Å². The summed E-state index contributed by atoms with van der Waals surface area (Å²) >= 11 is 0. The van der Waals surface area contributed by atoms with Crippen LogP contribution in [-0.2, 0) is 0 Å². The molecule has 0 saturated heterocycles. The number of hydrogen-bond acceptors (Lipinski definition) is 2. The first kappa shape index (κ1) is 11.4. The normalized spacial score (nSPS) is 10.4.